The van der Waals surface area contributed by atoms with Crippen molar-refractivity contribution >= 4 is 22.3 Å². The van der Waals surface area contributed by atoms with Crippen molar-refractivity contribution in [2.75, 3.05) is 6.54 Å². The van der Waals surface area contributed by atoms with E-state index in [1.807, 2.05) is 30.3 Å². The molecule has 0 saturated heterocycles. The zero-order valence-electron chi connectivity index (χ0n) is 17.9. The topological polar surface area (TPSA) is 59.3 Å². The maximum atomic E-state index is 13.9. The van der Waals surface area contributed by atoms with Crippen LogP contribution < -0.4 is 5.32 Å². The summed E-state index contributed by atoms with van der Waals surface area (Å²) < 4.78 is 42.5. The molecule has 33 heavy (non-hydrogen) atoms. The SMILES string of the molecule is O=C(NCC1CCCCC1)c1cc2nc(-c3cccc4ccccc34)cc(C(F)(F)F)n2n1. The van der Waals surface area contributed by atoms with Crippen LogP contribution in [0.25, 0.3) is 27.7 Å². The third-order valence-corrected chi connectivity index (χ3v) is 6.29. The van der Waals surface area contributed by atoms with E-state index in [0.29, 0.717) is 22.5 Å². The summed E-state index contributed by atoms with van der Waals surface area (Å²) in [5, 5.41) is 8.50. The Kier molecular flexibility index (Phi) is 5.52. The predicted octanol–water partition coefficient (Wildman–Crippen LogP) is 5.88. The van der Waals surface area contributed by atoms with Gasteiger partial charge in [-0.25, -0.2) is 9.50 Å². The van der Waals surface area contributed by atoms with Gasteiger partial charge in [0.05, 0.1) is 5.69 Å². The number of rotatable bonds is 4. The number of benzene rings is 2. The van der Waals surface area contributed by atoms with Gasteiger partial charge in [-0.15, -0.1) is 0 Å². The summed E-state index contributed by atoms with van der Waals surface area (Å²) >= 11 is 0. The zero-order valence-corrected chi connectivity index (χ0v) is 17.9. The molecule has 1 N–H and O–H groups in total. The monoisotopic (exact) mass is 452 g/mol. The van der Waals surface area contributed by atoms with Gasteiger partial charge in [0, 0.05) is 18.2 Å². The second-order valence-electron chi connectivity index (χ2n) is 8.56. The Labute approximate surface area is 188 Å². The molecule has 5 nitrogen and oxygen atoms in total. The van der Waals surface area contributed by atoms with Crippen molar-refractivity contribution in [3.63, 3.8) is 0 Å². The second kappa shape index (κ2) is 8.50. The highest BCUT2D eigenvalue weighted by Crippen LogP contribution is 2.34. The number of hydrogen-bond donors (Lipinski definition) is 1. The lowest BCUT2D eigenvalue weighted by Crippen LogP contribution is -2.30. The molecule has 1 aliphatic rings. The zero-order chi connectivity index (χ0) is 23.0. The summed E-state index contributed by atoms with van der Waals surface area (Å²) in [6, 6.07) is 15.2. The van der Waals surface area contributed by atoms with Gasteiger partial charge in [0.25, 0.3) is 5.91 Å². The van der Waals surface area contributed by atoms with E-state index in [1.165, 1.54) is 12.5 Å². The standard InChI is InChI=1S/C25H23F3N4O/c26-25(27,28)22-13-20(19-12-6-10-17-9-4-5-11-18(17)19)30-23-14-21(31-32(22)23)24(33)29-15-16-7-2-1-3-8-16/h4-6,9-14,16H,1-3,7-8,15H2,(H,29,33). The molecule has 1 aliphatic carbocycles. The first-order chi connectivity index (χ1) is 15.9. The third-order valence-electron chi connectivity index (χ3n) is 6.29. The van der Waals surface area contributed by atoms with Gasteiger partial charge in [-0.2, -0.15) is 18.3 Å². The summed E-state index contributed by atoms with van der Waals surface area (Å²) in [5.74, 6) is -0.0764. The normalized spacial score (nSPS) is 15.2. The molecule has 1 fully saturated rings. The van der Waals surface area contributed by atoms with Crippen molar-refractivity contribution in [1.82, 2.24) is 19.9 Å². The fourth-order valence-corrected chi connectivity index (χ4v) is 4.59. The molecular formula is C25H23F3N4O. The van der Waals surface area contributed by atoms with Gasteiger partial charge < -0.3 is 5.32 Å². The van der Waals surface area contributed by atoms with Crippen molar-refractivity contribution < 1.29 is 18.0 Å². The van der Waals surface area contributed by atoms with Crippen LogP contribution in [0.5, 0.6) is 0 Å². The van der Waals surface area contributed by atoms with Crippen LogP contribution in [0, 0.1) is 5.92 Å². The number of carbonyl (C=O) groups excluding carboxylic acids is 1. The molecule has 2 aromatic carbocycles. The number of aromatic nitrogens is 3. The highest BCUT2D eigenvalue weighted by Gasteiger charge is 2.36. The second-order valence-corrected chi connectivity index (χ2v) is 8.56. The molecular weight excluding hydrogens is 429 g/mol. The highest BCUT2D eigenvalue weighted by atomic mass is 19.4. The smallest absolute Gasteiger partial charge is 0.350 e. The van der Waals surface area contributed by atoms with Crippen LogP contribution >= 0.6 is 0 Å². The Balaban J connectivity index is 1.54. The Morgan fingerprint density at radius 1 is 1.03 bits per heavy atom. The molecule has 4 aromatic rings. The molecule has 0 bridgehead atoms. The first-order valence-electron chi connectivity index (χ1n) is 11.1. The number of nitrogens with zero attached hydrogens (tertiary/aromatic N) is 3. The number of carbonyl (C=O) groups is 1. The van der Waals surface area contributed by atoms with E-state index in [1.54, 1.807) is 12.1 Å². The summed E-state index contributed by atoms with van der Waals surface area (Å²) in [7, 11) is 0. The number of nitrogens with one attached hydrogen (secondary N) is 1. The van der Waals surface area contributed by atoms with Gasteiger partial charge in [-0.1, -0.05) is 61.7 Å². The van der Waals surface area contributed by atoms with E-state index in [4.69, 9.17) is 0 Å². The van der Waals surface area contributed by atoms with E-state index < -0.39 is 17.8 Å². The molecule has 2 aromatic heterocycles. The molecule has 0 unspecified atom stereocenters. The Bertz CT molecular complexity index is 1320. The van der Waals surface area contributed by atoms with E-state index in [9.17, 15) is 18.0 Å². The van der Waals surface area contributed by atoms with Gasteiger partial charge in [0.2, 0.25) is 0 Å². The van der Waals surface area contributed by atoms with Crippen LogP contribution in [0.2, 0.25) is 0 Å². The summed E-state index contributed by atoms with van der Waals surface area (Å²) in [6.07, 6.45) is 0.943. The van der Waals surface area contributed by atoms with Crippen LogP contribution in [0.15, 0.2) is 54.6 Å². The summed E-state index contributed by atoms with van der Waals surface area (Å²) in [6.45, 7) is 0.507. The maximum Gasteiger partial charge on any atom is 0.433 e. The van der Waals surface area contributed by atoms with Crippen molar-refractivity contribution in [2.45, 2.75) is 38.3 Å². The average molecular weight is 452 g/mol. The van der Waals surface area contributed by atoms with Crippen LogP contribution in [0.1, 0.15) is 48.3 Å². The molecule has 8 heteroatoms. The van der Waals surface area contributed by atoms with Gasteiger partial charge in [0.1, 0.15) is 0 Å². The van der Waals surface area contributed by atoms with Crippen LogP contribution in [0.3, 0.4) is 0 Å². The molecule has 2 heterocycles. The summed E-state index contributed by atoms with van der Waals surface area (Å²) in [5.41, 5.74) is -0.289. The van der Waals surface area contributed by atoms with Crippen LogP contribution in [-0.2, 0) is 6.18 Å². The van der Waals surface area contributed by atoms with Gasteiger partial charge in [-0.3, -0.25) is 4.79 Å². The molecule has 0 aliphatic heterocycles. The Hall–Kier alpha value is -3.42. The molecule has 0 spiro atoms. The largest absolute Gasteiger partial charge is 0.433 e. The third kappa shape index (κ3) is 4.29. The molecule has 170 valence electrons. The number of amides is 1. The lowest BCUT2D eigenvalue weighted by molar-refractivity contribution is -0.142. The van der Waals surface area contributed by atoms with Crippen molar-refractivity contribution in [3.05, 3.63) is 66.0 Å². The van der Waals surface area contributed by atoms with E-state index in [0.717, 1.165) is 42.5 Å². The molecule has 0 atom stereocenters. The number of fused-ring (bicyclic) bond motifs is 2. The first kappa shape index (κ1) is 21.4. The van der Waals surface area contributed by atoms with E-state index in [2.05, 4.69) is 15.4 Å². The predicted molar refractivity (Wildman–Crippen MR) is 120 cm³/mol. The van der Waals surface area contributed by atoms with Crippen LogP contribution in [0.4, 0.5) is 13.2 Å². The molecule has 5 rings (SSSR count). The summed E-state index contributed by atoms with van der Waals surface area (Å²) in [4.78, 5) is 17.1. The number of alkyl halides is 3. The maximum absolute atomic E-state index is 13.9. The lowest BCUT2D eigenvalue weighted by Gasteiger charge is -2.21. The Morgan fingerprint density at radius 2 is 1.79 bits per heavy atom. The minimum absolute atomic E-state index is 0.0180. The van der Waals surface area contributed by atoms with Gasteiger partial charge >= 0.3 is 6.18 Å². The number of halogens is 3. The number of hydrogen-bond acceptors (Lipinski definition) is 3. The van der Waals surface area contributed by atoms with Crippen molar-refractivity contribution in [1.29, 1.82) is 0 Å². The lowest BCUT2D eigenvalue weighted by atomic mass is 9.89. The van der Waals surface area contributed by atoms with Crippen molar-refractivity contribution in [2.24, 2.45) is 5.92 Å². The van der Waals surface area contributed by atoms with E-state index >= 15 is 0 Å². The highest BCUT2D eigenvalue weighted by molar-refractivity contribution is 5.96. The van der Waals surface area contributed by atoms with Crippen LogP contribution in [-0.4, -0.2) is 27.0 Å². The average Bonchev–Trinajstić information content (AvgIpc) is 3.26. The van der Waals surface area contributed by atoms with E-state index in [-0.39, 0.29) is 17.0 Å². The molecule has 1 saturated carbocycles. The first-order valence-corrected chi connectivity index (χ1v) is 11.1. The fraction of sp³-hybridized carbons (Fsp3) is 0.320. The quantitative estimate of drug-likeness (QED) is 0.421. The van der Waals surface area contributed by atoms with Crippen molar-refractivity contribution in [3.8, 4) is 11.3 Å². The fourth-order valence-electron chi connectivity index (χ4n) is 4.59. The molecule has 1 amide bonds. The minimum atomic E-state index is -4.66. The Morgan fingerprint density at radius 3 is 2.58 bits per heavy atom. The molecule has 0 radical (unpaired) electrons. The minimum Gasteiger partial charge on any atom is -0.350 e. The van der Waals surface area contributed by atoms with Gasteiger partial charge in [0.15, 0.2) is 17.0 Å². The van der Waals surface area contributed by atoms with Gasteiger partial charge in [-0.05, 0) is 35.6 Å².